The molecule has 2 aromatic carbocycles. The summed E-state index contributed by atoms with van der Waals surface area (Å²) in [5.74, 6) is 1.54. The maximum Gasteiger partial charge on any atom is 0.481 e. The van der Waals surface area contributed by atoms with E-state index in [9.17, 15) is 9.59 Å². The molecule has 11 nitrogen and oxygen atoms in total. The molecular formula is C43H59BN4O7. The topological polar surface area (TPSA) is 129 Å². The number of ether oxygens (including phenoxy) is 3. The molecule has 3 aliphatic carbocycles. The maximum absolute atomic E-state index is 14.5. The standard InChI is InChI=1S/C43H59BN4O7/c1-25(2)18-37(44-54-36-24-29-23-35(42(29,5)6)43(36,7)55-44)47-41(50)38(26(3)4)48-40(49)32(19-27-20-33(51-8)39(53-10)34(21-27)52-9)46-30-15-13-14-28(22-30)31-16-11-12-17-45-31/h11-17,20-22,25-26,29,32,35-38,46H,18-19,23-24H2,1-10H3,(H,47,50)(H,48,49)/t29-,32-,35-,36+,37-,38-,43-/m0/s1. The molecule has 3 N–H and O–H groups in total. The van der Waals surface area contributed by atoms with E-state index < -0.39 is 24.8 Å². The van der Waals surface area contributed by atoms with Crippen LogP contribution in [0.4, 0.5) is 5.69 Å². The van der Waals surface area contributed by atoms with Crippen LogP contribution in [0.1, 0.15) is 73.3 Å². The molecule has 7 atom stereocenters. The summed E-state index contributed by atoms with van der Waals surface area (Å²) in [5, 5.41) is 9.86. The molecule has 3 saturated carbocycles. The van der Waals surface area contributed by atoms with Crippen molar-refractivity contribution >= 4 is 24.6 Å². The second-order valence-electron chi connectivity index (χ2n) is 17.0. The monoisotopic (exact) mass is 754 g/mol. The molecule has 55 heavy (non-hydrogen) atoms. The Bertz CT molecular complexity index is 1800. The summed E-state index contributed by atoms with van der Waals surface area (Å²) in [6, 6.07) is 15.6. The van der Waals surface area contributed by atoms with E-state index in [4.69, 9.17) is 23.5 Å². The zero-order valence-corrected chi connectivity index (χ0v) is 34.1. The Balaban J connectivity index is 1.24. The van der Waals surface area contributed by atoms with Gasteiger partial charge in [0.05, 0.1) is 44.7 Å². The maximum atomic E-state index is 14.5. The van der Waals surface area contributed by atoms with Gasteiger partial charge < -0.3 is 39.5 Å². The van der Waals surface area contributed by atoms with E-state index in [0.29, 0.717) is 35.5 Å². The lowest BCUT2D eigenvalue weighted by molar-refractivity contribution is -0.199. The number of nitrogens with one attached hydrogen (secondary N) is 3. The summed E-state index contributed by atoms with van der Waals surface area (Å²) in [7, 11) is 4.10. The van der Waals surface area contributed by atoms with Crippen LogP contribution in [0.15, 0.2) is 60.8 Å². The number of aromatic nitrogens is 1. The normalized spacial score (nSPS) is 23.9. The Kier molecular flexibility index (Phi) is 12.1. The average molecular weight is 755 g/mol. The zero-order chi connectivity index (χ0) is 39.7. The van der Waals surface area contributed by atoms with Crippen molar-refractivity contribution in [3.8, 4) is 28.5 Å². The van der Waals surface area contributed by atoms with Gasteiger partial charge in [-0.3, -0.25) is 14.6 Å². The van der Waals surface area contributed by atoms with Gasteiger partial charge in [0.15, 0.2) is 11.5 Å². The number of benzene rings is 2. The van der Waals surface area contributed by atoms with Crippen LogP contribution in [-0.4, -0.2) is 75.0 Å². The number of carbonyl (C=O) groups excluding carboxylic acids is 2. The van der Waals surface area contributed by atoms with Gasteiger partial charge in [-0.15, -0.1) is 0 Å². The second-order valence-corrected chi connectivity index (χ2v) is 17.0. The second kappa shape index (κ2) is 16.4. The van der Waals surface area contributed by atoms with E-state index in [1.807, 2.05) is 68.4 Å². The van der Waals surface area contributed by atoms with E-state index in [-0.39, 0.29) is 47.5 Å². The van der Waals surface area contributed by atoms with Crippen LogP contribution in [0.25, 0.3) is 11.3 Å². The minimum Gasteiger partial charge on any atom is -0.493 e. The van der Waals surface area contributed by atoms with Crippen LogP contribution in [0.5, 0.6) is 17.2 Å². The first kappa shape index (κ1) is 40.4. The van der Waals surface area contributed by atoms with E-state index >= 15 is 0 Å². The number of nitrogens with zero attached hydrogens (tertiary/aromatic N) is 1. The van der Waals surface area contributed by atoms with Crippen molar-refractivity contribution in [1.82, 2.24) is 15.6 Å². The largest absolute Gasteiger partial charge is 0.493 e. The predicted octanol–water partition coefficient (Wildman–Crippen LogP) is 6.74. The number of hydrogen-bond donors (Lipinski definition) is 3. The van der Waals surface area contributed by atoms with E-state index in [1.54, 1.807) is 27.5 Å². The Hall–Kier alpha value is -4.29. The number of anilines is 1. The van der Waals surface area contributed by atoms with Crippen molar-refractivity contribution in [3.63, 3.8) is 0 Å². The third-order valence-corrected chi connectivity index (χ3v) is 12.2. The first-order valence-electron chi connectivity index (χ1n) is 19.7. The van der Waals surface area contributed by atoms with Gasteiger partial charge >= 0.3 is 7.12 Å². The van der Waals surface area contributed by atoms with E-state index in [0.717, 1.165) is 35.3 Å². The Morgan fingerprint density at radius 3 is 2.24 bits per heavy atom. The van der Waals surface area contributed by atoms with Gasteiger partial charge in [0.2, 0.25) is 17.6 Å². The van der Waals surface area contributed by atoms with Gasteiger partial charge in [0.1, 0.15) is 12.1 Å². The fraction of sp³-hybridized carbons (Fsp3) is 0.558. The number of pyridine rings is 1. The third kappa shape index (κ3) is 8.31. The summed E-state index contributed by atoms with van der Waals surface area (Å²) >= 11 is 0. The number of amides is 2. The fourth-order valence-electron chi connectivity index (χ4n) is 9.08. The molecule has 2 amide bonds. The minimum atomic E-state index is -0.822. The lowest BCUT2D eigenvalue weighted by atomic mass is 9.43. The molecule has 1 aliphatic heterocycles. The molecule has 2 bridgehead atoms. The average Bonchev–Trinajstić information content (AvgIpc) is 3.53. The Labute approximate surface area is 327 Å². The lowest BCUT2D eigenvalue weighted by Crippen LogP contribution is -2.65. The minimum absolute atomic E-state index is 0.000326. The van der Waals surface area contributed by atoms with Crippen molar-refractivity contribution in [2.24, 2.45) is 29.1 Å². The van der Waals surface area contributed by atoms with Gasteiger partial charge in [-0.2, -0.15) is 0 Å². The molecule has 1 saturated heterocycles. The highest BCUT2D eigenvalue weighted by molar-refractivity contribution is 6.48. The van der Waals surface area contributed by atoms with Crippen LogP contribution < -0.4 is 30.2 Å². The quantitative estimate of drug-likeness (QED) is 0.136. The highest BCUT2D eigenvalue weighted by Gasteiger charge is 2.68. The lowest BCUT2D eigenvalue weighted by Gasteiger charge is -2.64. The molecule has 3 aromatic rings. The molecule has 0 radical (unpaired) electrons. The number of rotatable bonds is 16. The highest BCUT2D eigenvalue weighted by Crippen LogP contribution is 2.65. The van der Waals surface area contributed by atoms with Crippen LogP contribution in [0.2, 0.25) is 0 Å². The van der Waals surface area contributed by atoms with Gasteiger partial charge in [0, 0.05) is 23.9 Å². The first-order valence-corrected chi connectivity index (χ1v) is 19.7. The van der Waals surface area contributed by atoms with Crippen LogP contribution >= 0.6 is 0 Å². The third-order valence-electron chi connectivity index (χ3n) is 12.2. The van der Waals surface area contributed by atoms with Crippen LogP contribution in [0.3, 0.4) is 0 Å². The number of carbonyl (C=O) groups is 2. The number of methoxy groups -OCH3 is 3. The molecule has 4 fully saturated rings. The molecule has 1 aromatic heterocycles. The smallest absolute Gasteiger partial charge is 0.481 e. The van der Waals surface area contributed by atoms with Crippen molar-refractivity contribution in [2.45, 2.75) is 104 Å². The van der Waals surface area contributed by atoms with Gasteiger partial charge in [-0.05, 0) is 97.2 Å². The highest BCUT2D eigenvalue weighted by atomic mass is 16.7. The molecule has 7 rings (SSSR count). The summed E-state index contributed by atoms with van der Waals surface area (Å²) < 4.78 is 30.3. The van der Waals surface area contributed by atoms with E-state index in [2.05, 4.69) is 55.6 Å². The van der Waals surface area contributed by atoms with Crippen molar-refractivity contribution in [2.75, 3.05) is 26.6 Å². The van der Waals surface area contributed by atoms with Crippen LogP contribution in [-0.2, 0) is 25.3 Å². The summed E-state index contributed by atoms with van der Waals surface area (Å²) in [5.41, 5.74) is 3.03. The number of hydrogen-bond acceptors (Lipinski definition) is 9. The zero-order valence-electron chi connectivity index (χ0n) is 34.1. The van der Waals surface area contributed by atoms with E-state index in [1.165, 1.54) is 0 Å². The molecule has 296 valence electrons. The molecule has 2 heterocycles. The summed E-state index contributed by atoms with van der Waals surface area (Å²) in [4.78, 5) is 33.3. The van der Waals surface area contributed by atoms with Crippen molar-refractivity contribution < 1.29 is 33.1 Å². The predicted molar refractivity (Wildman–Crippen MR) is 215 cm³/mol. The molecule has 0 unspecified atom stereocenters. The van der Waals surface area contributed by atoms with Gasteiger partial charge in [0.25, 0.3) is 0 Å². The summed E-state index contributed by atoms with van der Waals surface area (Å²) in [6.07, 6.45) is 4.79. The molecular weight excluding hydrogens is 695 g/mol. The summed E-state index contributed by atoms with van der Waals surface area (Å²) in [6.45, 7) is 15.0. The Morgan fingerprint density at radius 1 is 0.909 bits per heavy atom. The van der Waals surface area contributed by atoms with Crippen LogP contribution in [0, 0.1) is 29.1 Å². The van der Waals surface area contributed by atoms with Gasteiger partial charge in [-0.25, -0.2) is 0 Å². The first-order chi connectivity index (χ1) is 26.2. The van der Waals surface area contributed by atoms with Crippen molar-refractivity contribution in [3.05, 3.63) is 66.4 Å². The molecule has 4 aliphatic rings. The Morgan fingerprint density at radius 2 is 1.64 bits per heavy atom. The molecule has 12 heteroatoms. The molecule has 0 spiro atoms. The van der Waals surface area contributed by atoms with Gasteiger partial charge in [-0.1, -0.05) is 59.7 Å². The van der Waals surface area contributed by atoms with Crippen molar-refractivity contribution in [1.29, 1.82) is 0 Å². The fourth-order valence-corrected chi connectivity index (χ4v) is 9.08. The SMILES string of the molecule is COc1cc(C[C@H](Nc2cccc(-c3ccccn3)c2)C(=O)N[C@H](C(=O)N[C@@H](CC(C)C)B2O[C@@H]3C[C@@H]4C[C@@H](C4(C)C)[C@]3(C)O2)C(C)C)cc(OC)c1OC.